The fraction of sp³-hybridized carbons (Fsp3) is 0.500. The maximum Gasteiger partial charge on any atom is 0.289 e. The average Bonchev–Trinajstić information content (AvgIpc) is 3.33. The Morgan fingerprint density at radius 1 is 1.15 bits per heavy atom. The predicted molar refractivity (Wildman–Crippen MR) is 150 cm³/mol. The number of carbonyl (C=O) groups excluding carboxylic acids is 3. The van der Waals surface area contributed by atoms with Crippen molar-refractivity contribution in [2.24, 2.45) is 10.9 Å². The van der Waals surface area contributed by atoms with E-state index in [2.05, 4.69) is 31.0 Å². The van der Waals surface area contributed by atoms with Gasteiger partial charge in [-0.05, 0) is 50.6 Å². The minimum Gasteiger partial charge on any atom is -0.349 e. The maximum absolute atomic E-state index is 13.3. The van der Waals surface area contributed by atoms with Crippen LogP contribution in [-0.4, -0.2) is 85.2 Å². The van der Waals surface area contributed by atoms with E-state index < -0.39 is 18.0 Å². The fourth-order valence-electron chi connectivity index (χ4n) is 4.84. The van der Waals surface area contributed by atoms with Crippen LogP contribution in [0.3, 0.4) is 0 Å². The van der Waals surface area contributed by atoms with Gasteiger partial charge in [0.2, 0.25) is 11.7 Å². The Hall–Kier alpha value is -3.06. The summed E-state index contributed by atoms with van der Waals surface area (Å²) in [6.07, 6.45) is 2.27. The molecular formula is C26H34ClN7O4S. The SMILES string of the molecule is CONC(=Nc1ccc(Cl)cc1)C(=O)N[C@H]1CC[C@H](C(=O)N(C)C)C[C@H]1NC(=O)c1nc2c(s1)CN(C)CC2. The number of rotatable bonds is 6. The van der Waals surface area contributed by atoms with E-state index >= 15 is 0 Å². The van der Waals surface area contributed by atoms with Gasteiger partial charge in [0.1, 0.15) is 0 Å². The average molecular weight is 576 g/mol. The van der Waals surface area contributed by atoms with Crippen molar-refractivity contribution in [2.45, 2.75) is 44.3 Å². The topological polar surface area (TPSA) is 128 Å². The largest absolute Gasteiger partial charge is 0.349 e. The summed E-state index contributed by atoms with van der Waals surface area (Å²) in [5, 5.41) is 7.00. The van der Waals surface area contributed by atoms with E-state index in [4.69, 9.17) is 16.4 Å². The van der Waals surface area contributed by atoms with E-state index in [1.54, 1.807) is 43.3 Å². The summed E-state index contributed by atoms with van der Waals surface area (Å²) in [5.41, 5.74) is 4.01. The second kappa shape index (κ2) is 12.9. The Balaban J connectivity index is 1.52. The number of amidine groups is 1. The third-order valence-electron chi connectivity index (χ3n) is 6.87. The number of aromatic nitrogens is 1. The second-order valence-corrected chi connectivity index (χ2v) is 11.5. The fourth-order valence-corrected chi connectivity index (χ4v) is 6.06. The summed E-state index contributed by atoms with van der Waals surface area (Å²) in [6, 6.07) is 5.80. The summed E-state index contributed by atoms with van der Waals surface area (Å²) < 4.78 is 0. The minimum absolute atomic E-state index is 0.00202. The number of hydrogen-bond acceptors (Lipinski definition) is 8. The van der Waals surface area contributed by atoms with Crippen molar-refractivity contribution in [1.82, 2.24) is 30.9 Å². The molecule has 1 fully saturated rings. The number of nitrogens with zero attached hydrogens (tertiary/aromatic N) is 4. The van der Waals surface area contributed by atoms with Gasteiger partial charge < -0.3 is 20.4 Å². The maximum atomic E-state index is 13.3. The first-order valence-corrected chi connectivity index (χ1v) is 14.0. The number of carbonyl (C=O) groups is 3. The van der Waals surface area contributed by atoms with Crippen molar-refractivity contribution in [3.8, 4) is 0 Å². The molecule has 0 spiro atoms. The number of nitrogens with one attached hydrogen (secondary N) is 3. The first kappa shape index (κ1) is 28.9. The van der Waals surface area contributed by atoms with E-state index in [0.29, 0.717) is 35.0 Å². The van der Waals surface area contributed by atoms with Crippen LogP contribution in [0.5, 0.6) is 0 Å². The third-order valence-corrected chi connectivity index (χ3v) is 8.20. The van der Waals surface area contributed by atoms with Gasteiger partial charge in [-0.25, -0.2) is 15.5 Å². The lowest BCUT2D eigenvalue weighted by Gasteiger charge is -2.37. The van der Waals surface area contributed by atoms with Crippen molar-refractivity contribution < 1.29 is 19.2 Å². The quantitative estimate of drug-likeness (QED) is 0.273. The van der Waals surface area contributed by atoms with Crippen LogP contribution in [0.25, 0.3) is 0 Å². The van der Waals surface area contributed by atoms with Crippen LogP contribution in [0.2, 0.25) is 5.02 Å². The van der Waals surface area contributed by atoms with Gasteiger partial charge in [-0.1, -0.05) is 11.6 Å². The summed E-state index contributed by atoms with van der Waals surface area (Å²) >= 11 is 7.35. The van der Waals surface area contributed by atoms with Crippen LogP contribution in [-0.2, 0) is 27.4 Å². The van der Waals surface area contributed by atoms with Gasteiger partial charge in [0.05, 0.1) is 24.5 Å². The van der Waals surface area contributed by atoms with Crippen molar-refractivity contribution >= 4 is 52.2 Å². The number of hydroxylamine groups is 1. The number of amides is 3. The van der Waals surface area contributed by atoms with Crippen LogP contribution in [0, 0.1) is 5.92 Å². The van der Waals surface area contributed by atoms with E-state index in [1.807, 2.05) is 7.05 Å². The molecule has 210 valence electrons. The minimum atomic E-state index is -0.499. The van der Waals surface area contributed by atoms with E-state index in [-0.39, 0.29) is 23.6 Å². The molecule has 3 amide bonds. The highest BCUT2D eigenvalue weighted by Gasteiger charge is 2.37. The van der Waals surface area contributed by atoms with E-state index in [1.165, 1.54) is 18.4 Å². The summed E-state index contributed by atoms with van der Waals surface area (Å²) in [5.74, 6) is -1.12. The van der Waals surface area contributed by atoms with Crippen molar-refractivity contribution in [2.75, 3.05) is 34.8 Å². The van der Waals surface area contributed by atoms with Gasteiger partial charge in [-0.15, -0.1) is 11.3 Å². The van der Waals surface area contributed by atoms with Crippen molar-refractivity contribution in [1.29, 1.82) is 0 Å². The standard InChI is InChI=1S/C26H34ClN7O4S/c1-33(2)26(37)15-5-10-18(29-23(35)22(32-38-4)28-17-8-6-16(27)7-9-17)20(13-15)30-24(36)25-31-19-11-12-34(3)14-21(19)39-25/h6-9,15,18,20H,5,10-14H2,1-4H3,(H,28,32)(H,29,35)(H,30,36)/t15-,18-,20+/m0/s1. The van der Waals surface area contributed by atoms with E-state index in [0.717, 1.165) is 30.1 Å². The first-order chi connectivity index (χ1) is 18.6. The molecule has 1 aromatic heterocycles. The Morgan fingerprint density at radius 3 is 2.59 bits per heavy atom. The molecule has 1 aliphatic carbocycles. The molecule has 3 N–H and O–H groups in total. The van der Waals surface area contributed by atoms with Crippen LogP contribution >= 0.6 is 22.9 Å². The van der Waals surface area contributed by atoms with Crippen LogP contribution < -0.4 is 16.1 Å². The molecule has 0 bridgehead atoms. The summed E-state index contributed by atoms with van der Waals surface area (Å²) in [6.45, 7) is 1.67. The Kier molecular flexibility index (Phi) is 9.54. The van der Waals surface area contributed by atoms with Gasteiger partial charge in [0.15, 0.2) is 5.01 Å². The highest BCUT2D eigenvalue weighted by Crippen LogP contribution is 2.28. The zero-order valence-electron chi connectivity index (χ0n) is 22.5. The van der Waals surface area contributed by atoms with Gasteiger partial charge >= 0.3 is 0 Å². The lowest BCUT2D eigenvalue weighted by Crippen LogP contribution is -2.57. The number of hydrogen-bond donors (Lipinski definition) is 3. The van der Waals surface area contributed by atoms with Gasteiger partial charge in [0, 0.05) is 55.5 Å². The molecule has 2 heterocycles. The summed E-state index contributed by atoms with van der Waals surface area (Å²) in [4.78, 5) is 58.1. The molecule has 4 rings (SSSR count). The molecule has 1 aliphatic heterocycles. The molecule has 13 heteroatoms. The van der Waals surface area contributed by atoms with Crippen LogP contribution in [0.4, 0.5) is 5.69 Å². The molecule has 0 radical (unpaired) electrons. The zero-order chi connectivity index (χ0) is 28.1. The van der Waals surface area contributed by atoms with Gasteiger partial charge in [-0.2, -0.15) is 0 Å². The number of aliphatic imine (C=N–C) groups is 1. The van der Waals surface area contributed by atoms with E-state index in [9.17, 15) is 14.4 Å². The number of benzene rings is 1. The number of thiazole rings is 1. The van der Waals surface area contributed by atoms with Gasteiger partial charge in [-0.3, -0.25) is 19.2 Å². The normalized spacial score (nSPS) is 21.6. The van der Waals surface area contributed by atoms with Crippen LogP contribution in [0.15, 0.2) is 29.3 Å². The van der Waals surface area contributed by atoms with Gasteiger partial charge in [0.25, 0.3) is 11.8 Å². The smallest absolute Gasteiger partial charge is 0.289 e. The molecule has 3 atom stereocenters. The molecular weight excluding hydrogens is 542 g/mol. The second-order valence-electron chi connectivity index (χ2n) is 10.0. The Labute approximate surface area is 236 Å². The predicted octanol–water partition coefficient (Wildman–Crippen LogP) is 2.14. The molecule has 2 aliphatic rings. The highest BCUT2D eigenvalue weighted by molar-refractivity contribution is 7.13. The lowest BCUT2D eigenvalue weighted by molar-refractivity contribution is -0.134. The number of likely N-dealkylation sites (N-methyl/N-ethyl adjacent to an activating group) is 1. The monoisotopic (exact) mass is 575 g/mol. The molecule has 11 nitrogen and oxygen atoms in total. The molecule has 1 aromatic carbocycles. The molecule has 2 aromatic rings. The summed E-state index contributed by atoms with van der Waals surface area (Å²) in [7, 11) is 6.87. The Bertz CT molecular complexity index is 1230. The number of halogens is 1. The zero-order valence-corrected chi connectivity index (χ0v) is 24.1. The lowest BCUT2D eigenvalue weighted by atomic mass is 9.81. The first-order valence-electron chi connectivity index (χ1n) is 12.8. The molecule has 0 unspecified atom stereocenters. The highest BCUT2D eigenvalue weighted by atomic mass is 35.5. The molecule has 39 heavy (non-hydrogen) atoms. The third kappa shape index (κ3) is 7.33. The van der Waals surface area contributed by atoms with Crippen LogP contribution in [0.1, 0.15) is 39.6 Å². The Morgan fingerprint density at radius 2 is 1.90 bits per heavy atom. The van der Waals surface area contributed by atoms with Crippen molar-refractivity contribution in [3.63, 3.8) is 0 Å². The van der Waals surface area contributed by atoms with Crippen molar-refractivity contribution in [3.05, 3.63) is 44.9 Å². The molecule has 1 saturated carbocycles. The number of fused-ring (bicyclic) bond motifs is 1. The molecule has 0 saturated heterocycles.